The molecule has 3 aromatic rings. The smallest absolute Gasteiger partial charge is 0.125 e. The van der Waals surface area contributed by atoms with Gasteiger partial charge in [0.25, 0.3) is 0 Å². The molecule has 0 saturated carbocycles. The molecule has 0 aromatic heterocycles. The fourth-order valence-electron chi connectivity index (χ4n) is 3.99. The second kappa shape index (κ2) is 11.0. The summed E-state index contributed by atoms with van der Waals surface area (Å²) >= 11 is 12.3. The van der Waals surface area contributed by atoms with Crippen molar-refractivity contribution >= 4 is 23.2 Å². The highest BCUT2D eigenvalue weighted by Crippen LogP contribution is 2.28. The third kappa shape index (κ3) is 6.72. The molecule has 0 radical (unpaired) electrons. The Kier molecular flexibility index (Phi) is 7.87. The Morgan fingerprint density at radius 1 is 0.742 bits per heavy atom. The Labute approximate surface area is 195 Å². The lowest BCUT2D eigenvalue weighted by atomic mass is 10.1. The van der Waals surface area contributed by atoms with Crippen molar-refractivity contribution in [2.75, 3.05) is 32.7 Å². The minimum Gasteiger partial charge on any atom is -0.486 e. The van der Waals surface area contributed by atoms with E-state index in [0.29, 0.717) is 5.02 Å². The van der Waals surface area contributed by atoms with Crippen molar-refractivity contribution in [2.45, 2.75) is 19.1 Å². The first-order valence-electron chi connectivity index (χ1n) is 10.8. The van der Waals surface area contributed by atoms with Crippen LogP contribution in [-0.4, -0.2) is 42.5 Å². The number of nitrogens with zero attached hydrogens (tertiary/aromatic N) is 2. The van der Waals surface area contributed by atoms with Crippen molar-refractivity contribution in [2.24, 2.45) is 0 Å². The molecule has 0 bridgehead atoms. The second-order valence-electron chi connectivity index (χ2n) is 8.01. The van der Waals surface area contributed by atoms with Gasteiger partial charge in [-0.15, -0.1) is 0 Å². The number of halogens is 2. The molecular weight excluding hydrogens is 427 g/mol. The molecule has 31 heavy (non-hydrogen) atoms. The number of hydrogen-bond donors (Lipinski definition) is 0. The number of ether oxygens (including phenoxy) is 1. The van der Waals surface area contributed by atoms with Crippen LogP contribution in [0.15, 0.2) is 78.9 Å². The van der Waals surface area contributed by atoms with Crippen molar-refractivity contribution in [1.82, 2.24) is 9.80 Å². The zero-order valence-electron chi connectivity index (χ0n) is 17.6. The summed E-state index contributed by atoms with van der Waals surface area (Å²) in [4.78, 5) is 5.06. The molecule has 1 aliphatic rings. The zero-order chi connectivity index (χ0) is 21.5. The minimum absolute atomic E-state index is 0.0535. The van der Waals surface area contributed by atoms with Crippen LogP contribution in [0.5, 0.6) is 5.75 Å². The van der Waals surface area contributed by atoms with Gasteiger partial charge in [-0.25, -0.2) is 0 Å². The number of rotatable bonds is 8. The Balaban J connectivity index is 1.33. The predicted molar refractivity (Wildman–Crippen MR) is 129 cm³/mol. The van der Waals surface area contributed by atoms with Gasteiger partial charge in [0.1, 0.15) is 11.9 Å². The second-order valence-corrected chi connectivity index (χ2v) is 8.88. The number of hydrogen-bond acceptors (Lipinski definition) is 3. The normalized spacial score (nSPS) is 16.2. The maximum absolute atomic E-state index is 6.35. The highest BCUT2D eigenvalue weighted by atomic mass is 35.5. The van der Waals surface area contributed by atoms with E-state index in [0.717, 1.165) is 62.0 Å². The molecule has 5 heteroatoms. The van der Waals surface area contributed by atoms with Gasteiger partial charge < -0.3 is 9.64 Å². The van der Waals surface area contributed by atoms with E-state index in [1.807, 2.05) is 42.5 Å². The summed E-state index contributed by atoms with van der Waals surface area (Å²) in [5.41, 5.74) is 2.48. The monoisotopic (exact) mass is 454 g/mol. The van der Waals surface area contributed by atoms with Crippen LogP contribution >= 0.6 is 23.2 Å². The van der Waals surface area contributed by atoms with E-state index >= 15 is 0 Å². The first kappa shape index (κ1) is 22.2. The first-order chi connectivity index (χ1) is 15.2. The van der Waals surface area contributed by atoms with Crippen molar-refractivity contribution in [3.8, 4) is 5.75 Å². The van der Waals surface area contributed by atoms with Crippen LogP contribution in [0.2, 0.25) is 10.0 Å². The molecule has 1 saturated heterocycles. The lowest BCUT2D eigenvalue weighted by Gasteiger charge is -2.35. The lowest BCUT2D eigenvalue weighted by Crippen LogP contribution is -2.46. The molecule has 1 fully saturated rings. The van der Waals surface area contributed by atoms with E-state index in [1.165, 1.54) is 5.56 Å². The van der Waals surface area contributed by atoms with Crippen LogP contribution in [0.25, 0.3) is 0 Å². The summed E-state index contributed by atoms with van der Waals surface area (Å²) in [5.74, 6) is 0.821. The van der Waals surface area contributed by atoms with Gasteiger partial charge >= 0.3 is 0 Å². The van der Waals surface area contributed by atoms with Crippen LogP contribution in [0.3, 0.4) is 0 Å². The fraction of sp³-hybridized carbons (Fsp3) is 0.308. The third-order valence-electron chi connectivity index (χ3n) is 5.73. The van der Waals surface area contributed by atoms with Crippen LogP contribution in [0, 0.1) is 0 Å². The molecule has 3 aromatic carbocycles. The lowest BCUT2D eigenvalue weighted by molar-refractivity contribution is 0.107. The molecule has 0 spiro atoms. The van der Waals surface area contributed by atoms with E-state index in [-0.39, 0.29) is 6.10 Å². The summed E-state index contributed by atoms with van der Waals surface area (Å²) in [6.07, 6.45) is 0.851. The van der Waals surface area contributed by atoms with Crippen LogP contribution < -0.4 is 4.74 Å². The molecule has 1 unspecified atom stereocenters. The Morgan fingerprint density at radius 3 is 2.16 bits per heavy atom. The molecule has 0 aliphatic carbocycles. The molecule has 4 rings (SSSR count). The van der Waals surface area contributed by atoms with E-state index in [1.54, 1.807) is 0 Å². The average molecular weight is 455 g/mol. The van der Waals surface area contributed by atoms with Gasteiger partial charge in [-0.3, -0.25) is 4.90 Å². The summed E-state index contributed by atoms with van der Waals surface area (Å²) in [7, 11) is 0. The molecule has 1 aliphatic heterocycles. The molecule has 0 amide bonds. The molecule has 1 heterocycles. The van der Waals surface area contributed by atoms with Crippen molar-refractivity contribution in [1.29, 1.82) is 0 Å². The molecular formula is C26H28Cl2N2O. The van der Waals surface area contributed by atoms with E-state index in [9.17, 15) is 0 Å². The van der Waals surface area contributed by atoms with E-state index in [2.05, 4.69) is 46.2 Å². The summed E-state index contributed by atoms with van der Waals surface area (Å²) in [6, 6.07) is 26.2. The van der Waals surface area contributed by atoms with Gasteiger partial charge in [0.05, 0.1) is 0 Å². The van der Waals surface area contributed by atoms with E-state index < -0.39 is 0 Å². The third-order valence-corrected chi connectivity index (χ3v) is 6.22. The number of piperazine rings is 1. The standard InChI is InChI=1S/C26H28Cl2N2O/c27-23-9-11-25(12-10-23)31-26(22-7-4-8-24(28)19-22)13-14-29-15-17-30(18-16-29)20-21-5-2-1-3-6-21/h1-12,19,26H,13-18,20H2. The van der Waals surface area contributed by atoms with E-state index in [4.69, 9.17) is 27.9 Å². The number of benzene rings is 3. The van der Waals surface area contributed by atoms with Gasteiger partial charge in [0.2, 0.25) is 0 Å². The molecule has 1 atom stereocenters. The topological polar surface area (TPSA) is 15.7 Å². The summed E-state index contributed by atoms with van der Waals surface area (Å²) in [5, 5.41) is 1.44. The summed E-state index contributed by atoms with van der Waals surface area (Å²) < 4.78 is 6.35. The Bertz CT molecular complexity index is 941. The maximum Gasteiger partial charge on any atom is 0.125 e. The van der Waals surface area contributed by atoms with Gasteiger partial charge in [-0.05, 0) is 47.5 Å². The highest BCUT2D eigenvalue weighted by molar-refractivity contribution is 6.30. The van der Waals surface area contributed by atoms with Crippen LogP contribution in [0.1, 0.15) is 23.7 Å². The predicted octanol–water partition coefficient (Wildman–Crippen LogP) is 6.32. The van der Waals surface area contributed by atoms with Gasteiger partial charge in [-0.1, -0.05) is 65.7 Å². The quantitative estimate of drug-likeness (QED) is 0.395. The SMILES string of the molecule is Clc1ccc(OC(CCN2CCN(Cc3ccccc3)CC2)c2cccc(Cl)c2)cc1. The summed E-state index contributed by atoms with van der Waals surface area (Å²) in [6.45, 7) is 6.36. The first-order valence-corrected chi connectivity index (χ1v) is 11.6. The Morgan fingerprint density at radius 2 is 1.45 bits per heavy atom. The van der Waals surface area contributed by atoms with Crippen LogP contribution in [-0.2, 0) is 6.54 Å². The van der Waals surface area contributed by atoms with Gasteiger partial charge in [-0.2, -0.15) is 0 Å². The van der Waals surface area contributed by atoms with Crippen molar-refractivity contribution < 1.29 is 4.74 Å². The Hall–Kier alpha value is -2.04. The molecule has 162 valence electrons. The van der Waals surface area contributed by atoms with Gasteiger partial charge in [0, 0.05) is 55.7 Å². The van der Waals surface area contributed by atoms with Gasteiger partial charge in [0.15, 0.2) is 0 Å². The largest absolute Gasteiger partial charge is 0.486 e. The zero-order valence-corrected chi connectivity index (χ0v) is 19.1. The highest BCUT2D eigenvalue weighted by Gasteiger charge is 2.20. The minimum atomic E-state index is -0.0535. The van der Waals surface area contributed by atoms with Crippen molar-refractivity contribution in [3.63, 3.8) is 0 Å². The van der Waals surface area contributed by atoms with Crippen molar-refractivity contribution in [3.05, 3.63) is 100 Å². The molecule has 0 N–H and O–H groups in total. The fourth-order valence-corrected chi connectivity index (χ4v) is 4.32. The molecule has 3 nitrogen and oxygen atoms in total. The maximum atomic E-state index is 6.35. The van der Waals surface area contributed by atoms with Crippen LogP contribution in [0.4, 0.5) is 0 Å². The average Bonchev–Trinajstić information content (AvgIpc) is 2.79.